The molecule has 1 fully saturated rings. The first-order valence-electron chi connectivity index (χ1n) is 10.8. The second kappa shape index (κ2) is 11.8. The van der Waals surface area contributed by atoms with E-state index in [4.69, 9.17) is 33.3 Å². The minimum absolute atomic E-state index is 0.236. The maximum Gasteiger partial charge on any atom is 0.348 e. The van der Waals surface area contributed by atoms with E-state index in [9.17, 15) is 9.59 Å². The van der Waals surface area contributed by atoms with E-state index in [0.29, 0.717) is 26.1 Å². The minimum Gasteiger partial charge on any atom is -0.462 e. The highest BCUT2D eigenvalue weighted by molar-refractivity contribution is 7.80. The molecule has 0 spiro atoms. The van der Waals surface area contributed by atoms with Gasteiger partial charge in [0.1, 0.15) is 9.88 Å². The van der Waals surface area contributed by atoms with E-state index < -0.39 is 11.9 Å². The highest BCUT2D eigenvalue weighted by Crippen LogP contribution is 2.34. The Kier molecular flexibility index (Phi) is 9.08. The number of ether oxygens (including phenoxy) is 2. The van der Waals surface area contributed by atoms with Gasteiger partial charge in [-0.3, -0.25) is 4.90 Å². The molecule has 10 heteroatoms. The molecule has 33 heavy (non-hydrogen) atoms. The van der Waals surface area contributed by atoms with Gasteiger partial charge in [-0.25, -0.2) is 9.59 Å². The summed E-state index contributed by atoms with van der Waals surface area (Å²) < 4.78 is 10.4. The summed E-state index contributed by atoms with van der Waals surface area (Å²) in [7, 11) is 0. The third-order valence-electron chi connectivity index (χ3n) is 5.32. The predicted octanol–water partition coefficient (Wildman–Crippen LogP) is 4.58. The van der Waals surface area contributed by atoms with Crippen LogP contribution in [0.2, 0.25) is 5.02 Å². The van der Waals surface area contributed by atoms with Gasteiger partial charge in [-0.1, -0.05) is 29.8 Å². The average Bonchev–Trinajstić information content (AvgIpc) is 3.12. The number of thiocarbonyl (C=S) groups is 1. The number of hydrogen-bond acceptors (Lipinski definition) is 7. The third kappa shape index (κ3) is 6.23. The lowest BCUT2D eigenvalue weighted by molar-refractivity contribution is 0.0527. The van der Waals surface area contributed by atoms with E-state index in [2.05, 4.69) is 15.1 Å². The highest BCUT2D eigenvalue weighted by atomic mass is 35.5. The number of thiophene rings is 1. The molecule has 2 heterocycles. The highest BCUT2D eigenvalue weighted by Gasteiger charge is 2.28. The van der Waals surface area contributed by atoms with Crippen molar-refractivity contribution in [1.29, 1.82) is 0 Å². The van der Waals surface area contributed by atoms with Crippen molar-refractivity contribution in [1.82, 2.24) is 9.80 Å². The maximum absolute atomic E-state index is 12.6. The number of hydrogen-bond donors (Lipinski definition) is 1. The molecule has 0 aliphatic carbocycles. The second-order valence-corrected chi connectivity index (χ2v) is 9.30. The lowest BCUT2D eigenvalue weighted by Crippen LogP contribution is -2.49. The number of esters is 2. The van der Waals surface area contributed by atoms with Crippen molar-refractivity contribution in [3.63, 3.8) is 0 Å². The van der Waals surface area contributed by atoms with Crippen molar-refractivity contribution in [2.24, 2.45) is 0 Å². The number of nitrogens with one attached hydrogen (secondary N) is 1. The lowest BCUT2D eigenvalue weighted by atomic mass is 10.1. The van der Waals surface area contributed by atoms with Gasteiger partial charge in [0.25, 0.3) is 0 Å². The van der Waals surface area contributed by atoms with Gasteiger partial charge in [0, 0.05) is 37.7 Å². The lowest BCUT2D eigenvalue weighted by Gasteiger charge is -2.36. The van der Waals surface area contributed by atoms with Crippen LogP contribution < -0.4 is 5.32 Å². The molecule has 1 N–H and O–H groups in total. The van der Waals surface area contributed by atoms with Gasteiger partial charge in [-0.2, -0.15) is 0 Å². The summed E-state index contributed by atoms with van der Waals surface area (Å²) in [6, 6.07) is 7.86. The van der Waals surface area contributed by atoms with Crippen LogP contribution >= 0.6 is 35.2 Å². The van der Waals surface area contributed by atoms with Crippen LogP contribution in [0.15, 0.2) is 24.3 Å². The van der Waals surface area contributed by atoms with Crippen LogP contribution in [0, 0.1) is 6.92 Å². The molecular formula is C23H28ClN3O4S2. The van der Waals surface area contributed by atoms with Crippen molar-refractivity contribution in [2.75, 3.05) is 44.7 Å². The molecule has 0 unspecified atom stereocenters. The topological polar surface area (TPSA) is 71.1 Å². The monoisotopic (exact) mass is 509 g/mol. The van der Waals surface area contributed by atoms with Gasteiger partial charge in [0.2, 0.25) is 0 Å². The Bertz CT molecular complexity index is 1020. The number of carbonyl (C=O) groups is 2. The fourth-order valence-corrected chi connectivity index (χ4v) is 5.23. The summed E-state index contributed by atoms with van der Waals surface area (Å²) in [6.07, 6.45) is 0. The van der Waals surface area contributed by atoms with Crippen molar-refractivity contribution >= 4 is 57.2 Å². The van der Waals surface area contributed by atoms with Crippen LogP contribution in [-0.4, -0.2) is 66.2 Å². The van der Waals surface area contributed by atoms with E-state index in [1.807, 2.05) is 24.3 Å². The van der Waals surface area contributed by atoms with E-state index in [1.165, 1.54) is 0 Å². The molecule has 1 aliphatic rings. The summed E-state index contributed by atoms with van der Waals surface area (Å²) >= 11 is 13.1. The Hall–Kier alpha value is -2.20. The Morgan fingerprint density at radius 3 is 2.36 bits per heavy atom. The standard InChI is InChI=1S/C23H28ClN3O4S2/c1-4-30-21(28)18-15(3)19(22(29)31-5-2)33-20(18)25-23(32)27-12-10-26(11-13-27)14-16-8-6-7-9-17(16)24/h6-9H,4-5,10-14H2,1-3H3,(H,25,32). The summed E-state index contributed by atoms with van der Waals surface area (Å²) in [4.78, 5) is 29.7. The first kappa shape index (κ1) is 25.4. The first-order valence-corrected chi connectivity index (χ1v) is 12.4. The summed E-state index contributed by atoms with van der Waals surface area (Å²) in [5, 5.41) is 4.96. The molecule has 1 aromatic heterocycles. The average molecular weight is 510 g/mol. The first-order chi connectivity index (χ1) is 15.8. The molecule has 178 valence electrons. The summed E-state index contributed by atoms with van der Waals surface area (Å²) in [6.45, 7) is 9.61. The number of halogens is 1. The van der Waals surface area contributed by atoms with Crippen molar-refractivity contribution in [2.45, 2.75) is 27.3 Å². The Labute approximate surface area is 208 Å². The Morgan fingerprint density at radius 2 is 1.73 bits per heavy atom. The van der Waals surface area contributed by atoms with Crippen molar-refractivity contribution in [3.8, 4) is 0 Å². The zero-order valence-corrected chi connectivity index (χ0v) is 21.4. The Morgan fingerprint density at radius 1 is 1.09 bits per heavy atom. The molecule has 0 radical (unpaired) electrons. The molecule has 2 aromatic rings. The Balaban J connectivity index is 1.68. The number of carbonyl (C=O) groups excluding carboxylic acids is 2. The predicted molar refractivity (Wildman–Crippen MR) is 135 cm³/mol. The number of nitrogens with zero attached hydrogens (tertiary/aromatic N) is 2. The summed E-state index contributed by atoms with van der Waals surface area (Å²) in [5.74, 6) is -0.950. The van der Waals surface area contributed by atoms with Gasteiger partial charge in [0.15, 0.2) is 5.11 Å². The van der Waals surface area contributed by atoms with Crippen LogP contribution in [0.3, 0.4) is 0 Å². The number of piperazine rings is 1. The van der Waals surface area contributed by atoms with Crippen LogP contribution in [0.1, 0.15) is 45.0 Å². The minimum atomic E-state index is -0.489. The molecule has 1 aliphatic heterocycles. The van der Waals surface area contributed by atoms with Gasteiger partial charge in [0.05, 0.1) is 18.8 Å². The molecule has 1 saturated heterocycles. The SMILES string of the molecule is CCOC(=O)c1sc(NC(=S)N2CCN(Cc3ccccc3Cl)CC2)c(C(=O)OCC)c1C. The van der Waals surface area contributed by atoms with Crippen LogP contribution in [0.4, 0.5) is 5.00 Å². The normalized spacial score (nSPS) is 14.1. The molecule has 1 aromatic carbocycles. The number of rotatable bonds is 7. The summed E-state index contributed by atoms with van der Waals surface area (Å²) in [5.41, 5.74) is 1.96. The van der Waals surface area contributed by atoms with Gasteiger partial charge in [-0.15, -0.1) is 11.3 Å². The molecule has 0 atom stereocenters. The van der Waals surface area contributed by atoms with Crippen molar-refractivity contribution < 1.29 is 19.1 Å². The molecule has 7 nitrogen and oxygen atoms in total. The van der Waals surface area contributed by atoms with Crippen molar-refractivity contribution in [3.05, 3.63) is 50.9 Å². The molecule has 0 bridgehead atoms. The third-order valence-corrected chi connectivity index (χ3v) is 7.24. The van der Waals surface area contributed by atoms with Crippen LogP contribution in [0.5, 0.6) is 0 Å². The van der Waals surface area contributed by atoms with E-state index in [0.717, 1.165) is 54.6 Å². The second-order valence-electron chi connectivity index (χ2n) is 7.49. The smallest absolute Gasteiger partial charge is 0.348 e. The van der Waals surface area contributed by atoms with E-state index >= 15 is 0 Å². The van der Waals surface area contributed by atoms with Gasteiger partial charge >= 0.3 is 11.9 Å². The molecule has 0 amide bonds. The quantitative estimate of drug-likeness (QED) is 0.429. The molecular weight excluding hydrogens is 482 g/mol. The largest absolute Gasteiger partial charge is 0.462 e. The fraction of sp³-hybridized carbons (Fsp3) is 0.435. The molecule has 3 rings (SSSR count). The zero-order valence-electron chi connectivity index (χ0n) is 19.0. The van der Waals surface area contributed by atoms with Gasteiger partial charge in [-0.05, 0) is 50.2 Å². The zero-order chi connectivity index (χ0) is 24.0. The van der Waals surface area contributed by atoms with E-state index in [1.54, 1.807) is 20.8 Å². The maximum atomic E-state index is 12.6. The van der Waals surface area contributed by atoms with Gasteiger partial charge < -0.3 is 19.7 Å². The van der Waals surface area contributed by atoms with Crippen LogP contribution in [-0.2, 0) is 16.0 Å². The fourth-order valence-electron chi connectivity index (χ4n) is 3.59. The van der Waals surface area contributed by atoms with Crippen LogP contribution in [0.25, 0.3) is 0 Å². The molecule has 0 saturated carbocycles. The number of benzene rings is 1. The number of anilines is 1. The van der Waals surface area contributed by atoms with E-state index in [-0.39, 0.29) is 13.2 Å².